The van der Waals surface area contributed by atoms with Crippen molar-refractivity contribution in [2.45, 2.75) is 51.1 Å². The second-order valence-corrected chi connectivity index (χ2v) is 7.69. The van der Waals surface area contributed by atoms with Gasteiger partial charge in [-0.05, 0) is 37.7 Å². The Morgan fingerprint density at radius 3 is 2.64 bits per heavy atom. The van der Waals surface area contributed by atoms with Crippen molar-refractivity contribution in [1.29, 1.82) is 0 Å². The van der Waals surface area contributed by atoms with Gasteiger partial charge in [-0.25, -0.2) is 0 Å². The van der Waals surface area contributed by atoms with Gasteiger partial charge >= 0.3 is 0 Å². The topological polar surface area (TPSA) is 60.9 Å². The molecule has 5 heteroatoms. The summed E-state index contributed by atoms with van der Waals surface area (Å²) in [6, 6.07) is 10.2. The van der Waals surface area contributed by atoms with E-state index in [9.17, 15) is 14.7 Å². The second-order valence-electron chi connectivity index (χ2n) is 7.69. The first-order valence-electron chi connectivity index (χ1n) is 9.17. The van der Waals surface area contributed by atoms with Gasteiger partial charge in [0.25, 0.3) is 0 Å². The Balaban J connectivity index is 1.61. The number of fused-ring (bicyclic) bond motifs is 1. The molecule has 2 aliphatic rings. The summed E-state index contributed by atoms with van der Waals surface area (Å²) in [6.07, 6.45) is 2.85. The standard InChI is InChI=1S/C20H28N2O3/c1-15(24)22-18-10-11-21(13-17(18)12-20(22,2)14-23)19(25)9-8-16-6-4-3-5-7-16/h3-7,17-18,23H,8-14H2,1-2H3/t17-,18-,20+/m0/s1. The van der Waals surface area contributed by atoms with Crippen LogP contribution in [0.2, 0.25) is 0 Å². The van der Waals surface area contributed by atoms with Crippen LogP contribution in [0.3, 0.4) is 0 Å². The fourth-order valence-electron chi connectivity index (χ4n) is 4.66. The lowest BCUT2D eigenvalue weighted by atomic mass is 9.89. The van der Waals surface area contributed by atoms with Crippen LogP contribution in [0.4, 0.5) is 0 Å². The van der Waals surface area contributed by atoms with Gasteiger partial charge in [0, 0.05) is 32.5 Å². The molecule has 2 aliphatic heterocycles. The average molecular weight is 344 g/mol. The Morgan fingerprint density at radius 2 is 2.00 bits per heavy atom. The number of aliphatic hydroxyl groups excluding tert-OH is 1. The summed E-state index contributed by atoms with van der Waals surface area (Å²) in [5.74, 6) is 0.470. The van der Waals surface area contributed by atoms with E-state index >= 15 is 0 Å². The number of carbonyl (C=O) groups is 2. The van der Waals surface area contributed by atoms with Gasteiger partial charge in [-0.2, -0.15) is 0 Å². The number of hydrogen-bond acceptors (Lipinski definition) is 3. The molecule has 3 atom stereocenters. The molecule has 25 heavy (non-hydrogen) atoms. The zero-order valence-electron chi connectivity index (χ0n) is 15.1. The van der Waals surface area contributed by atoms with Crippen LogP contribution in [0.1, 0.15) is 38.7 Å². The van der Waals surface area contributed by atoms with E-state index in [1.165, 1.54) is 5.56 Å². The van der Waals surface area contributed by atoms with Crippen molar-refractivity contribution in [3.8, 4) is 0 Å². The van der Waals surface area contributed by atoms with Crippen molar-refractivity contribution in [2.75, 3.05) is 19.7 Å². The quantitative estimate of drug-likeness (QED) is 0.907. The van der Waals surface area contributed by atoms with E-state index in [0.29, 0.717) is 19.5 Å². The third kappa shape index (κ3) is 3.56. The van der Waals surface area contributed by atoms with Crippen LogP contribution in [0.25, 0.3) is 0 Å². The van der Waals surface area contributed by atoms with Crippen LogP contribution in [0.5, 0.6) is 0 Å². The monoisotopic (exact) mass is 344 g/mol. The molecule has 0 bridgehead atoms. The molecule has 0 aromatic heterocycles. The van der Waals surface area contributed by atoms with Crippen LogP contribution < -0.4 is 0 Å². The van der Waals surface area contributed by atoms with Gasteiger partial charge in [0.15, 0.2) is 0 Å². The van der Waals surface area contributed by atoms with E-state index < -0.39 is 5.54 Å². The summed E-state index contributed by atoms with van der Waals surface area (Å²) < 4.78 is 0. The number of amides is 2. The molecule has 5 nitrogen and oxygen atoms in total. The number of hydrogen-bond donors (Lipinski definition) is 1. The number of piperidine rings is 1. The van der Waals surface area contributed by atoms with E-state index in [1.807, 2.05) is 47.1 Å². The Bertz CT molecular complexity index is 633. The van der Waals surface area contributed by atoms with E-state index in [1.54, 1.807) is 6.92 Å². The molecule has 3 rings (SSSR count). The predicted molar refractivity (Wildman–Crippen MR) is 95.9 cm³/mol. The molecule has 2 fully saturated rings. The molecule has 2 amide bonds. The van der Waals surface area contributed by atoms with Crippen molar-refractivity contribution in [3.05, 3.63) is 35.9 Å². The van der Waals surface area contributed by atoms with Gasteiger partial charge in [0.1, 0.15) is 0 Å². The minimum atomic E-state index is -0.496. The lowest BCUT2D eigenvalue weighted by molar-refractivity contribution is -0.138. The molecule has 1 aromatic rings. The van der Waals surface area contributed by atoms with Gasteiger partial charge < -0.3 is 14.9 Å². The molecule has 2 heterocycles. The second kappa shape index (κ2) is 7.16. The van der Waals surface area contributed by atoms with E-state index in [0.717, 1.165) is 19.3 Å². The number of likely N-dealkylation sites (tertiary alicyclic amines) is 2. The summed E-state index contributed by atoms with van der Waals surface area (Å²) in [5.41, 5.74) is 0.687. The highest BCUT2D eigenvalue weighted by molar-refractivity contribution is 5.77. The molecule has 1 N–H and O–H groups in total. The molecular formula is C20H28N2O3. The largest absolute Gasteiger partial charge is 0.394 e. The van der Waals surface area contributed by atoms with Crippen molar-refractivity contribution in [2.24, 2.45) is 5.92 Å². The Kier molecular flexibility index (Phi) is 5.13. The summed E-state index contributed by atoms with van der Waals surface area (Å²) in [4.78, 5) is 28.5. The molecule has 1 aromatic carbocycles. The van der Waals surface area contributed by atoms with Gasteiger partial charge in [-0.1, -0.05) is 30.3 Å². The van der Waals surface area contributed by atoms with Crippen molar-refractivity contribution in [3.63, 3.8) is 0 Å². The molecule has 0 aliphatic carbocycles. The fourth-order valence-corrected chi connectivity index (χ4v) is 4.66. The third-order valence-electron chi connectivity index (χ3n) is 5.81. The normalized spacial score (nSPS) is 28.8. The number of aliphatic hydroxyl groups is 1. The summed E-state index contributed by atoms with van der Waals surface area (Å²) in [5, 5.41) is 9.80. The highest BCUT2D eigenvalue weighted by Crippen LogP contribution is 2.42. The number of aryl methyl sites for hydroxylation is 1. The Labute approximate surface area is 149 Å². The van der Waals surface area contributed by atoms with E-state index in [2.05, 4.69) is 0 Å². The minimum Gasteiger partial charge on any atom is -0.394 e. The maximum Gasteiger partial charge on any atom is 0.222 e. The average Bonchev–Trinajstić information content (AvgIpc) is 2.92. The first-order valence-corrected chi connectivity index (χ1v) is 9.17. The Hall–Kier alpha value is -1.88. The van der Waals surface area contributed by atoms with E-state index in [-0.39, 0.29) is 30.4 Å². The maximum absolute atomic E-state index is 12.6. The van der Waals surface area contributed by atoms with Gasteiger partial charge in [0.2, 0.25) is 11.8 Å². The first-order chi connectivity index (χ1) is 11.9. The lowest BCUT2D eigenvalue weighted by Gasteiger charge is -2.40. The van der Waals surface area contributed by atoms with Gasteiger partial charge in [-0.3, -0.25) is 9.59 Å². The minimum absolute atomic E-state index is 0.0212. The number of nitrogens with zero attached hydrogens (tertiary/aromatic N) is 2. The molecular weight excluding hydrogens is 316 g/mol. The fraction of sp³-hybridized carbons (Fsp3) is 0.600. The van der Waals surface area contributed by atoms with Crippen LogP contribution in [-0.4, -0.2) is 58.0 Å². The number of rotatable bonds is 4. The maximum atomic E-state index is 12.6. The SMILES string of the molecule is CC(=O)N1[C@H]2CCN(C(=O)CCc3ccccc3)C[C@@H]2C[C@]1(C)CO. The summed E-state index contributed by atoms with van der Waals surface area (Å²) in [7, 11) is 0. The first kappa shape index (κ1) is 17.9. The van der Waals surface area contributed by atoms with Crippen LogP contribution in [-0.2, 0) is 16.0 Å². The molecule has 0 radical (unpaired) electrons. The predicted octanol–water partition coefficient (Wildman–Crippen LogP) is 1.84. The molecule has 136 valence electrons. The molecule has 0 saturated carbocycles. The lowest BCUT2D eigenvalue weighted by Crippen LogP contribution is -2.53. The smallest absolute Gasteiger partial charge is 0.222 e. The van der Waals surface area contributed by atoms with Gasteiger partial charge in [0.05, 0.1) is 12.1 Å². The number of carbonyl (C=O) groups excluding carboxylic acids is 2. The van der Waals surface area contributed by atoms with Crippen molar-refractivity contribution >= 4 is 11.8 Å². The van der Waals surface area contributed by atoms with Crippen LogP contribution in [0, 0.1) is 5.92 Å². The molecule has 0 spiro atoms. The van der Waals surface area contributed by atoms with E-state index in [4.69, 9.17) is 0 Å². The van der Waals surface area contributed by atoms with Crippen molar-refractivity contribution < 1.29 is 14.7 Å². The van der Waals surface area contributed by atoms with Gasteiger partial charge in [-0.15, -0.1) is 0 Å². The summed E-state index contributed by atoms with van der Waals surface area (Å²) >= 11 is 0. The van der Waals surface area contributed by atoms with Crippen LogP contribution >= 0.6 is 0 Å². The highest BCUT2D eigenvalue weighted by atomic mass is 16.3. The molecule has 0 unspecified atom stereocenters. The Morgan fingerprint density at radius 1 is 1.28 bits per heavy atom. The third-order valence-corrected chi connectivity index (χ3v) is 5.81. The van der Waals surface area contributed by atoms with Crippen molar-refractivity contribution in [1.82, 2.24) is 9.80 Å². The van der Waals surface area contributed by atoms with Crippen LogP contribution in [0.15, 0.2) is 30.3 Å². The zero-order valence-corrected chi connectivity index (χ0v) is 15.1. The highest BCUT2D eigenvalue weighted by Gasteiger charge is 2.51. The molecule has 2 saturated heterocycles. The zero-order chi connectivity index (χ0) is 18.0. The number of benzene rings is 1. The summed E-state index contributed by atoms with van der Waals surface area (Å²) in [6.45, 7) is 4.89.